The Labute approximate surface area is 209 Å². The van der Waals surface area contributed by atoms with Crippen molar-refractivity contribution in [3.63, 3.8) is 0 Å². The average molecular weight is 517 g/mol. The maximum Gasteiger partial charge on any atom is 0.387 e. The van der Waals surface area contributed by atoms with Crippen molar-refractivity contribution in [3.8, 4) is 11.5 Å². The van der Waals surface area contributed by atoms with E-state index < -0.39 is 12.5 Å². The Balaban J connectivity index is 1.54. The third-order valence-electron chi connectivity index (χ3n) is 5.23. The summed E-state index contributed by atoms with van der Waals surface area (Å²) in [5.74, 6) is -0.293. The molecule has 1 aliphatic heterocycles. The number of aromatic nitrogens is 1. The molecule has 0 radical (unpaired) electrons. The highest BCUT2D eigenvalue weighted by atomic mass is 32.2. The van der Waals surface area contributed by atoms with Gasteiger partial charge in [0.15, 0.2) is 17.9 Å². The molecule has 0 aliphatic carbocycles. The third-order valence-corrected chi connectivity index (χ3v) is 6.49. The predicted octanol–water partition coefficient (Wildman–Crippen LogP) is 5.39. The molecule has 188 valence electrons. The van der Waals surface area contributed by atoms with E-state index in [0.717, 1.165) is 17.3 Å². The fraction of sp³-hybridized carbons (Fsp3) is 0.250. The fourth-order valence-corrected chi connectivity index (χ4v) is 4.44. The summed E-state index contributed by atoms with van der Waals surface area (Å²) in [6.45, 7) is -0.916. The number of methoxy groups -OCH3 is 1. The van der Waals surface area contributed by atoms with E-state index >= 15 is 0 Å². The third kappa shape index (κ3) is 5.82. The molecule has 9 nitrogen and oxygen atoms in total. The molecule has 0 spiro atoms. The van der Waals surface area contributed by atoms with Crippen LogP contribution in [0.1, 0.15) is 35.0 Å². The number of carbonyl (C=O) groups is 2. The van der Waals surface area contributed by atoms with Gasteiger partial charge in [0.1, 0.15) is 0 Å². The zero-order valence-corrected chi connectivity index (χ0v) is 20.1. The number of hydrogen-bond acceptors (Lipinski definition) is 8. The van der Waals surface area contributed by atoms with E-state index in [0.29, 0.717) is 23.4 Å². The first-order valence-corrected chi connectivity index (χ1v) is 11.7. The van der Waals surface area contributed by atoms with Crippen molar-refractivity contribution in [3.05, 3.63) is 71.9 Å². The van der Waals surface area contributed by atoms with Crippen LogP contribution in [0.25, 0.3) is 0 Å². The first kappa shape index (κ1) is 25.2. The highest BCUT2D eigenvalue weighted by molar-refractivity contribution is 8.14. The monoisotopic (exact) mass is 516 g/mol. The number of ether oxygens (including phenoxy) is 2. The number of alkyl halides is 2. The van der Waals surface area contributed by atoms with Gasteiger partial charge >= 0.3 is 11.9 Å². The number of nitrogens with one attached hydrogen (secondary N) is 1. The number of nitrogens with zero attached hydrogens (tertiary/aromatic N) is 3. The summed E-state index contributed by atoms with van der Waals surface area (Å²) in [5, 5.41) is 8.10. The van der Waals surface area contributed by atoms with Crippen LogP contribution in [0.5, 0.6) is 11.5 Å². The SMILES string of the molecule is CCC1SC(=O)N(Cc2ccc(NC(=O)c3cnco3)cc2)N=C1c1ccc(OC)c(OC(F)F)c1. The molecule has 2 heterocycles. The molecule has 12 heteroatoms. The Morgan fingerprint density at radius 2 is 2.00 bits per heavy atom. The molecular weight excluding hydrogens is 494 g/mol. The summed E-state index contributed by atoms with van der Waals surface area (Å²) >= 11 is 1.12. The molecule has 1 N–H and O–H groups in total. The normalized spacial score (nSPS) is 15.6. The van der Waals surface area contributed by atoms with Crippen LogP contribution in [0.4, 0.5) is 19.3 Å². The minimum atomic E-state index is -3.01. The van der Waals surface area contributed by atoms with Crippen molar-refractivity contribution >= 4 is 34.3 Å². The first-order chi connectivity index (χ1) is 17.4. The molecule has 3 aromatic rings. The largest absolute Gasteiger partial charge is 0.493 e. The molecule has 2 amide bonds. The van der Waals surface area contributed by atoms with Crippen LogP contribution >= 0.6 is 11.8 Å². The standard InChI is InChI=1S/C24H22F2N4O5S/c1-3-20-21(15-6-9-17(33-2)18(10-15)35-23(25)26)29-30(24(32)36-20)12-14-4-7-16(8-5-14)28-22(31)19-11-27-13-34-19/h4-11,13,20,23H,3,12H2,1-2H3,(H,28,31). The lowest BCUT2D eigenvalue weighted by molar-refractivity contribution is -0.0512. The summed E-state index contributed by atoms with van der Waals surface area (Å²) in [6, 6.07) is 11.6. The van der Waals surface area contributed by atoms with E-state index in [1.54, 1.807) is 30.3 Å². The number of halogens is 2. The Kier molecular flexibility index (Phi) is 7.84. The molecular formula is C24H22F2N4O5S. The summed E-state index contributed by atoms with van der Waals surface area (Å²) in [5.41, 5.74) is 2.43. The molecule has 0 bridgehead atoms. The summed E-state index contributed by atoms with van der Waals surface area (Å²) in [4.78, 5) is 28.6. The molecule has 2 aromatic carbocycles. The minimum Gasteiger partial charge on any atom is -0.493 e. The van der Waals surface area contributed by atoms with Gasteiger partial charge in [-0.05, 0) is 42.3 Å². The topological polar surface area (TPSA) is 106 Å². The summed E-state index contributed by atoms with van der Waals surface area (Å²) in [7, 11) is 1.36. The number of carbonyl (C=O) groups excluding carboxylic acids is 2. The van der Waals surface area contributed by atoms with Gasteiger partial charge in [0.25, 0.3) is 5.91 Å². The Hall–Kier alpha value is -3.93. The van der Waals surface area contributed by atoms with Crippen LogP contribution < -0.4 is 14.8 Å². The molecule has 0 saturated heterocycles. The molecule has 0 saturated carbocycles. The van der Waals surface area contributed by atoms with E-state index in [2.05, 4.69) is 20.1 Å². The Bertz CT molecular complexity index is 1250. The van der Waals surface area contributed by atoms with Gasteiger partial charge in [-0.2, -0.15) is 13.9 Å². The van der Waals surface area contributed by atoms with Gasteiger partial charge < -0.3 is 19.2 Å². The quantitative estimate of drug-likeness (QED) is 0.407. The number of amides is 2. The van der Waals surface area contributed by atoms with E-state index in [1.807, 2.05) is 6.92 Å². The number of rotatable bonds is 9. The van der Waals surface area contributed by atoms with Crippen LogP contribution in [-0.4, -0.2) is 45.8 Å². The molecule has 1 atom stereocenters. The van der Waals surface area contributed by atoms with E-state index in [1.165, 1.54) is 36.8 Å². The van der Waals surface area contributed by atoms with Crippen molar-refractivity contribution in [2.45, 2.75) is 31.8 Å². The number of benzene rings is 2. The van der Waals surface area contributed by atoms with Crippen molar-refractivity contribution in [1.82, 2.24) is 9.99 Å². The second kappa shape index (κ2) is 11.2. The van der Waals surface area contributed by atoms with Gasteiger partial charge in [0.2, 0.25) is 5.76 Å². The van der Waals surface area contributed by atoms with E-state index in [4.69, 9.17) is 9.15 Å². The number of hydrogen-bond donors (Lipinski definition) is 1. The summed E-state index contributed by atoms with van der Waals surface area (Å²) < 4.78 is 40.5. The van der Waals surface area contributed by atoms with Crippen LogP contribution in [0.3, 0.4) is 0 Å². The number of anilines is 1. The predicted molar refractivity (Wildman–Crippen MR) is 130 cm³/mol. The van der Waals surface area contributed by atoms with Crippen molar-refractivity contribution in [2.24, 2.45) is 5.10 Å². The van der Waals surface area contributed by atoms with Crippen molar-refractivity contribution in [2.75, 3.05) is 12.4 Å². The first-order valence-electron chi connectivity index (χ1n) is 10.9. The molecule has 1 aliphatic rings. The molecule has 4 rings (SSSR count). The molecule has 1 unspecified atom stereocenters. The van der Waals surface area contributed by atoms with Crippen LogP contribution in [-0.2, 0) is 6.54 Å². The van der Waals surface area contributed by atoms with Gasteiger partial charge in [-0.3, -0.25) is 9.59 Å². The van der Waals surface area contributed by atoms with Crippen LogP contribution in [0, 0.1) is 0 Å². The van der Waals surface area contributed by atoms with Gasteiger partial charge in [0.05, 0.1) is 30.8 Å². The second-order valence-electron chi connectivity index (χ2n) is 7.58. The zero-order chi connectivity index (χ0) is 25.7. The van der Waals surface area contributed by atoms with Gasteiger partial charge in [-0.25, -0.2) is 9.99 Å². The maximum absolute atomic E-state index is 12.9. The second-order valence-corrected chi connectivity index (χ2v) is 8.74. The highest BCUT2D eigenvalue weighted by Crippen LogP contribution is 2.34. The van der Waals surface area contributed by atoms with Gasteiger partial charge in [-0.15, -0.1) is 0 Å². The highest BCUT2D eigenvalue weighted by Gasteiger charge is 2.31. The average Bonchev–Trinajstić information content (AvgIpc) is 3.41. The van der Waals surface area contributed by atoms with Gasteiger partial charge in [-0.1, -0.05) is 30.8 Å². The van der Waals surface area contributed by atoms with Crippen LogP contribution in [0.2, 0.25) is 0 Å². The van der Waals surface area contributed by atoms with Gasteiger partial charge in [0, 0.05) is 11.3 Å². The Morgan fingerprint density at radius 3 is 2.64 bits per heavy atom. The minimum absolute atomic E-state index is 0.0861. The maximum atomic E-state index is 12.9. The molecule has 0 fully saturated rings. The lowest BCUT2D eigenvalue weighted by atomic mass is 10.0. The zero-order valence-electron chi connectivity index (χ0n) is 19.3. The summed E-state index contributed by atoms with van der Waals surface area (Å²) in [6.07, 6.45) is 3.09. The number of oxazole rings is 1. The fourth-order valence-electron chi connectivity index (χ4n) is 3.50. The molecule has 1 aromatic heterocycles. The lowest BCUT2D eigenvalue weighted by Gasteiger charge is -2.28. The number of hydrazone groups is 1. The van der Waals surface area contributed by atoms with Crippen molar-refractivity contribution in [1.29, 1.82) is 0 Å². The Morgan fingerprint density at radius 1 is 1.22 bits per heavy atom. The number of thioether (sulfide) groups is 1. The van der Waals surface area contributed by atoms with E-state index in [9.17, 15) is 18.4 Å². The lowest BCUT2D eigenvalue weighted by Crippen LogP contribution is -2.34. The smallest absolute Gasteiger partial charge is 0.387 e. The van der Waals surface area contributed by atoms with E-state index in [-0.39, 0.29) is 34.3 Å². The van der Waals surface area contributed by atoms with Crippen LogP contribution in [0.15, 0.2) is 64.6 Å². The van der Waals surface area contributed by atoms with Crippen molar-refractivity contribution < 1.29 is 32.3 Å². The molecule has 36 heavy (non-hydrogen) atoms.